The first-order chi connectivity index (χ1) is 12.0. The average molecular weight is 345 g/mol. The van der Waals surface area contributed by atoms with Gasteiger partial charge in [0.1, 0.15) is 6.61 Å². The minimum Gasteiger partial charge on any atom is -0.443 e. The van der Waals surface area contributed by atoms with Crippen molar-refractivity contribution < 1.29 is 19.2 Å². The van der Waals surface area contributed by atoms with E-state index in [1.165, 1.54) is 0 Å². The van der Waals surface area contributed by atoms with Crippen molar-refractivity contribution in [3.8, 4) is 0 Å². The van der Waals surface area contributed by atoms with Crippen molar-refractivity contribution >= 4 is 12.1 Å². The van der Waals surface area contributed by atoms with Gasteiger partial charge in [0.25, 0.3) is 0 Å². The number of carbonyl (C=O) groups is 2. The van der Waals surface area contributed by atoms with Gasteiger partial charge in [0.2, 0.25) is 0 Å². The summed E-state index contributed by atoms with van der Waals surface area (Å²) in [5, 5.41) is 0. The number of hydrogen-bond acceptors (Lipinski definition) is 4. The molecule has 5 heteroatoms. The number of aryl methyl sites for hydroxylation is 3. The standard InChI is InChI=1S/C20H27NO4/c1-5-6-7-8-9-10-11-12-24-20(23)21-25-19(22)18-16(3)13-15(2)14-17(18)4/h6-7,10-11,13-14H,5,8-9,12H2,1-4H3,(H,21,23)/b7-6-,11-10+. The minimum atomic E-state index is -0.800. The number of hydrogen-bond donors (Lipinski definition) is 1. The summed E-state index contributed by atoms with van der Waals surface area (Å²) in [4.78, 5) is 28.4. The van der Waals surface area contributed by atoms with E-state index in [2.05, 4.69) is 19.1 Å². The van der Waals surface area contributed by atoms with Crippen LogP contribution < -0.4 is 5.48 Å². The van der Waals surface area contributed by atoms with Gasteiger partial charge in [-0.15, -0.1) is 5.48 Å². The average Bonchev–Trinajstić information content (AvgIpc) is 2.54. The Balaban J connectivity index is 2.33. The Morgan fingerprint density at radius 1 is 1.00 bits per heavy atom. The van der Waals surface area contributed by atoms with Crippen LogP contribution in [-0.2, 0) is 9.57 Å². The highest BCUT2D eigenvalue weighted by Crippen LogP contribution is 2.17. The van der Waals surface area contributed by atoms with Gasteiger partial charge in [-0.1, -0.05) is 48.9 Å². The summed E-state index contributed by atoms with van der Waals surface area (Å²) in [5.41, 5.74) is 5.14. The first-order valence-corrected chi connectivity index (χ1v) is 8.47. The first kappa shape index (κ1) is 20.5. The van der Waals surface area contributed by atoms with Crippen LogP contribution in [0, 0.1) is 20.8 Å². The molecule has 1 rings (SSSR count). The lowest BCUT2D eigenvalue weighted by atomic mass is 10.0. The number of ether oxygens (including phenoxy) is 1. The lowest BCUT2D eigenvalue weighted by Gasteiger charge is -2.10. The minimum absolute atomic E-state index is 0.128. The molecule has 0 unspecified atom stereocenters. The van der Waals surface area contributed by atoms with Crippen molar-refractivity contribution in [1.82, 2.24) is 5.48 Å². The molecule has 1 aromatic rings. The maximum atomic E-state index is 12.1. The molecule has 0 saturated carbocycles. The molecule has 0 aliphatic heterocycles. The van der Waals surface area contributed by atoms with Crippen molar-refractivity contribution in [3.05, 3.63) is 58.7 Å². The third-order valence-corrected chi connectivity index (χ3v) is 3.49. The van der Waals surface area contributed by atoms with Crippen LogP contribution in [0.3, 0.4) is 0 Å². The van der Waals surface area contributed by atoms with Gasteiger partial charge in [0.15, 0.2) is 0 Å². The molecule has 1 N–H and O–H groups in total. The molecular formula is C20H27NO4. The lowest BCUT2D eigenvalue weighted by molar-refractivity contribution is 0.0221. The van der Waals surface area contributed by atoms with Crippen LogP contribution in [0.2, 0.25) is 0 Å². The van der Waals surface area contributed by atoms with E-state index in [-0.39, 0.29) is 6.61 Å². The molecule has 0 spiro atoms. The number of hydroxylamine groups is 1. The SMILES string of the molecule is CC/C=C\CC/C=C/COC(=O)NOC(=O)c1c(C)cc(C)cc1C. The van der Waals surface area contributed by atoms with Crippen LogP contribution in [0.5, 0.6) is 0 Å². The fourth-order valence-corrected chi connectivity index (χ4v) is 2.46. The molecule has 25 heavy (non-hydrogen) atoms. The van der Waals surface area contributed by atoms with Crippen molar-refractivity contribution in [2.45, 2.75) is 47.0 Å². The summed E-state index contributed by atoms with van der Waals surface area (Å²) < 4.78 is 4.90. The molecule has 0 atom stereocenters. The molecule has 0 bridgehead atoms. The van der Waals surface area contributed by atoms with E-state index >= 15 is 0 Å². The van der Waals surface area contributed by atoms with Crippen LogP contribution in [0.25, 0.3) is 0 Å². The second kappa shape index (κ2) is 11.1. The van der Waals surface area contributed by atoms with E-state index in [4.69, 9.17) is 9.57 Å². The van der Waals surface area contributed by atoms with Crippen LogP contribution in [0.4, 0.5) is 4.79 Å². The number of nitrogens with one attached hydrogen (secondary N) is 1. The van der Waals surface area contributed by atoms with Gasteiger partial charge >= 0.3 is 12.1 Å². The van der Waals surface area contributed by atoms with Gasteiger partial charge < -0.3 is 9.57 Å². The smallest absolute Gasteiger partial charge is 0.441 e. The van der Waals surface area contributed by atoms with Gasteiger partial charge in [-0.3, -0.25) is 0 Å². The fraction of sp³-hybridized carbons (Fsp3) is 0.400. The Labute approximate surface area is 149 Å². The molecule has 1 aromatic carbocycles. The van der Waals surface area contributed by atoms with Crippen LogP contribution in [0.15, 0.2) is 36.4 Å². The Hall–Kier alpha value is -2.56. The highest BCUT2D eigenvalue weighted by molar-refractivity contribution is 5.93. The molecule has 136 valence electrons. The van der Waals surface area contributed by atoms with E-state index in [0.29, 0.717) is 5.56 Å². The van der Waals surface area contributed by atoms with Crippen molar-refractivity contribution in [1.29, 1.82) is 0 Å². The zero-order valence-corrected chi connectivity index (χ0v) is 15.4. The Morgan fingerprint density at radius 3 is 2.20 bits per heavy atom. The summed E-state index contributed by atoms with van der Waals surface area (Å²) in [5.74, 6) is -0.606. The van der Waals surface area contributed by atoms with Gasteiger partial charge in [-0.2, -0.15) is 0 Å². The summed E-state index contributed by atoms with van der Waals surface area (Å²) >= 11 is 0. The molecule has 0 aliphatic rings. The van der Waals surface area contributed by atoms with Crippen LogP contribution in [0.1, 0.15) is 53.2 Å². The van der Waals surface area contributed by atoms with E-state index < -0.39 is 12.1 Å². The van der Waals surface area contributed by atoms with Crippen LogP contribution in [-0.4, -0.2) is 18.7 Å². The van der Waals surface area contributed by atoms with Gasteiger partial charge in [-0.05, 0) is 51.2 Å². The third kappa shape index (κ3) is 7.70. The zero-order chi connectivity index (χ0) is 18.7. The van der Waals surface area contributed by atoms with Crippen molar-refractivity contribution in [3.63, 3.8) is 0 Å². The normalized spacial score (nSPS) is 11.0. The van der Waals surface area contributed by atoms with Gasteiger partial charge in [0, 0.05) is 0 Å². The first-order valence-electron chi connectivity index (χ1n) is 8.47. The molecule has 0 fully saturated rings. The quantitative estimate of drug-likeness (QED) is 0.441. The molecule has 0 aromatic heterocycles. The number of carbonyl (C=O) groups excluding carboxylic acids is 2. The number of rotatable bonds is 7. The van der Waals surface area contributed by atoms with Crippen molar-refractivity contribution in [2.24, 2.45) is 0 Å². The Kier molecular flexibility index (Phi) is 9.07. The summed E-state index contributed by atoms with van der Waals surface area (Å²) in [6.07, 6.45) is 10.0. The largest absolute Gasteiger partial charge is 0.443 e. The summed E-state index contributed by atoms with van der Waals surface area (Å²) in [6, 6.07) is 3.78. The highest BCUT2D eigenvalue weighted by atomic mass is 16.7. The number of allylic oxidation sites excluding steroid dienone is 3. The fourth-order valence-electron chi connectivity index (χ4n) is 2.46. The topological polar surface area (TPSA) is 64.6 Å². The molecule has 5 nitrogen and oxygen atoms in total. The second-order valence-corrected chi connectivity index (χ2v) is 5.79. The van der Waals surface area contributed by atoms with Crippen LogP contribution >= 0.6 is 0 Å². The van der Waals surface area contributed by atoms with E-state index in [0.717, 1.165) is 36.0 Å². The number of benzene rings is 1. The summed E-state index contributed by atoms with van der Waals surface area (Å²) in [6.45, 7) is 7.83. The zero-order valence-electron chi connectivity index (χ0n) is 15.4. The van der Waals surface area contributed by atoms with Gasteiger partial charge in [0.05, 0.1) is 5.56 Å². The molecule has 0 aliphatic carbocycles. The Bertz CT molecular complexity index is 624. The Morgan fingerprint density at radius 2 is 1.60 bits per heavy atom. The summed E-state index contributed by atoms with van der Waals surface area (Å²) in [7, 11) is 0. The van der Waals surface area contributed by atoms with E-state index in [1.54, 1.807) is 6.08 Å². The van der Waals surface area contributed by atoms with E-state index in [1.807, 2.05) is 44.5 Å². The highest BCUT2D eigenvalue weighted by Gasteiger charge is 2.16. The second-order valence-electron chi connectivity index (χ2n) is 5.79. The predicted molar refractivity (Wildman–Crippen MR) is 98.4 cm³/mol. The molecule has 0 saturated heterocycles. The molecule has 0 heterocycles. The maximum Gasteiger partial charge on any atom is 0.441 e. The molecule has 1 amide bonds. The lowest BCUT2D eigenvalue weighted by Crippen LogP contribution is -2.28. The monoisotopic (exact) mass is 345 g/mol. The predicted octanol–water partition coefficient (Wildman–Crippen LogP) is 4.71. The number of amides is 1. The number of unbranched alkanes of at least 4 members (excludes halogenated alkanes) is 1. The van der Waals surface area contributed by atoms with E-state index in [9.17, 15) is 9.59 Å². The maximum absolute atomic E-state index is 12.1. The van der Waals surface area contributed by atoms with Crippen molar-refractivity contribution in [2.75, 3.05) is 6.61 Å². The van der Waals surface area contributed by atoms with Gasteiger partial charge in [-0.25, -0.2) is 9.59 Å². The molecule has 0 radical (unpaired) electrons. The molecular weight excluding hydrogens is 318 g/mol. The third-order valence-electron chi connectivity index (χ3n) is 3.49.